The van der Waals surface area contributed by atoms with E-state index < -0.39 is 5.91 Å². The second kappa shape index (κ2) is 3.52. The van der Waals surface area contributed by atoms with Gasteiger partial charge in [0, 0.05) is 5.56 Å². The van der Waals surface area contributed by atoms with Gasteiger partial charge in [-0.1, -0.05) is 30.3 Å². The van der Waals surface area contributed by atoms with Crippen molar-refractivity contribution in [1.29, 1.82) is 0 Å². The summed E-state index contributed by atoms with van der Waals surface area (Å²) in [5, 5.41) is 3.30. The Balaban J connectivity index is 3.05. The van der Waals surface area contributed by atoms with Gasteiger partial charge >= 0.3 is 0 Å². The standard InChI is InChI=1S/C8H9N3O/c9-8(12)7(11-10)6-4-2-1-3-5-6/h1-5H,10H2,(H2,9,12)/b11-7-. The lowest BCUT2D eigenvalue weighted by Crippen LogP contribution is -2.25. The monoisotopic (exact) mass is 163 g/mol. The van der Waals surface area contributed by atoms with Crippen LogP contribution in [0.15, 0.2) is 35.4 Å². The Labute approximate surface area is 69.9 Å². The predicted molar refractivity (Wildman–Crippen MR) is 46.4 cm³/mol. The molecule has 0 heterocycles. The van der Waals surface area contributed by atoms with E-state index in [9.17, 15) is 4.79 Å². The van der Waals surface area contributed by atoms with Gasteiger partial charge in [0.1, 0.15) is 0 Å². The fraction of sp³-hybridized carbons (Fsp3) is 0. The topological polar surface area (TPSA) is 81.5 Å². The maximum Gasteiger partial charge on any atom is 0.269 e. The third-order valence-corrected chi connectivity index (χ3v) is 1.41. The Morgan fingerprint density at radius 3 is 2.25 bits per heavy atom. The second-order valence-electron chi connectivity index (χ2n) is 2.21. The summed E-state index contributed by atoms with van der Waals surface area (Å²) in [5.41, 5.74) is 5.75. The molecule has 0 aromatic heterocycles. The first-order valence-corrected chi connectivity index (χ1v) is 3.39. The molecule has 4 N–H and O–H groups in total. The van der Waals surface area contributed by atoms with Gasteiger partial charge < -0.3 is 11.6 Å². The molecule has 0 aliphatic rings. The van der Waals surface area contributed by atoms with Crippen LogP contribution in [0.4, 0.5) is 0 Å². The number of amides is 1. The smallest absolute Gasteiger partial charge is 0.269 e. The molecule has 62 valence electrons. The van der Waals surface area contributed by atoms with Crippen LogP contribution in [0.25, 0.3) is 0 Å². The molecule has 0 bridgehead atoms. The summed E-state index contributed by atoms with van der Waals surface area (Å²) >= 11 is 0. The van der Waals surface area contributed by atoms with Gasteiger partial charge in [-0.05, 0) is 0 Å². The number of hydrogen-bond donors (Lipinski definition) is 2. The number of hydrogen-bond acceptors (Lipinski definition) is 3. The maximum atomic E-state index is 10.7. The van der Waals surface area contributed by atoms with E-state index in [2.05, 4.69) is 5.10 Å². The molecule has 0 atom stereocenters. The fourth-order valence-electron chi connectivity index (χ4n) is 0.876. The highest BCUT2D eigenvalue weighted by Gasteiger charge is 2.07. The van der Waals surface area contributed by atoms with E-state index in [0.717, 1.165) is 0 Å². The number of nitrogens with two attached hydrogens (primary N) is 2. The lowest BCUT2D eigenvalue weighted by atomic mass is 10.1. The first-order chi connectivity index (χ1) is 5.75. The van der Waals surface area contributed by atoms with Crippen molar-refractivity contribution in [2.24, 2.45) is 16.7 Å². The lowest BCUT2D eigenvalue weighted by Gasteiger charge is -1.98. The summed E-state index contributed by atoms with van der Waals surface area (Å²) in [4.78, 5) is 10.7. The van der Waals surface area contributed by atoms with Crippen LogP contribution in [0.5, 0.6) is 0 Å². The maximum absolute atomic E-state index is 10.7. The van der Waals surface area contributed by atoms with Crippen molar-refractivity contribution < 1.29 is 4.79 Å². The lowest BCUT2D eigenvalue weighted by molar-refractivity contribution is -0.111. The van der Waals surface area contributed by atoms with Gasteiger partial charge in [0.05, 0.1) is 0 Å². The number of benzene rings is 1. The fourth-order valence-corrected chi connectivity index (χ4v) is 0.876. The highest BCUT2D eigenvalue weighted by molar-refractivity contribution is 6.44. The Bertz CT molecular complexity index is 305. The highest BCUT2D eigenvalue weighted by Crippen LogP contribution is 1.99. The van der Waals surface area contributed by atoms with Gasteiger partial charge in [-0.15, -0.1) is 0 Å². The minimum absolute atomic E-state index is 0.0931. The van der Waals surface area contributed by atoms with Gasteiger partial charge in [0.15, 0.2) is 5.71 Å². The van der Waals surface area contributed by atoms with Crippen LogP contribution in [-0.4, -0.2) is 11.6 Å². The van der Waals surface area contributed by atoms with Gasteiger partial charge in [-0.25, -0.2) is 0 Å². The number of nitrogens with zero attached hydrogens (tertiary/aromatic N) is 1. The van der Waals surface area contributed by atoms with E-state index in [1.54, 1.807) is 24.3 Å². The number of primary amides is 1. The third-order valence-electron chi connectivity index (χ3n) is 1.41. The number of hydrazone groups is 1. The summed E-state index contributed by atoms with van der Waals surface area (Å²) in [6, 6.07) is 8.83. The molecule has 0 saturated heterocycles. The van der Waals surface area contributed by atoms with E-state index in [0.29, 0.717) is 5.56 Å². The average Bonchev–Trinajstić information content (AvgIpc) is 2.07. The van der Waals surface area contributed by atoms with Gasteiger partial charge in [0.25, 0.3) is 5.91 Å². The average molecular weight is 163 g/mol. The van der Waals surface area contributed by atoms with Crippen molar-refractivity contribution in [3.63, 3.8) is 0 Å². The van der Waals surface area contributed by atoms with Gasteiger partial charge in [-0.2, -0.15) is 5.10 Å². The molecular formula is C8H9N3O. The molecule has 0 aliphatic carbocycles. The predicted octanol–water partition coefficient (Wildman–Crippen LogP) is -0.165. The van der Waals surface area contributed by atoms with Gasteiger partial charge in [0.2, 0.25) is 0 Å². The summed E-state index contributed by atoms with van der Waals surface area (Å²) in [6.45, 7) is 0. The Kier molecular flexibility index (Phi) is 2.42. The number of rotatable bonds is 2. The molecule has 12 heavy (non-hydrogen) atoms. The van der Waals surface area contributed by atoms with Crippen LogP contribution in [0, 0.1) is 0 Å². The van der Waals surface area contributed by atoms with Crippen LogP contribution < -0.4 is 11.6 Å². The van der Waals surface area contributed by atoms with Crippen molar-refractivity contribution >= 4 is 11.6 Å². The molecule has 4 nitrogen and oxygen atoms in total. The van der Waals surface area contributed by atoms with E-state index in [1.807, 2.05) is 6.07 Å². The molecule has 1 amide bonds. The number of carbonyl (C=O) groups is 1. The van der Waals surface area contributed by atoms with E-state index >= 15 is 0 Å². The Morgan fingerprint density at radius 2 is 1.83 bits per heavy atom. The molecule has 0 saturated carbocycles. The van der Waals surface area contributed by atoms with Crippen molar-refractivity contribution in [3.8, 4) is 0 Å². The Hall–Kier alpha value is -1.84. The van der Waals surface area contributed by atoms with Crippen LogP contribution in [-0.2, 0) is 4.79 Å². The summed E-state index contributed by atoms with van der Waals surface area (Å²) in [5.74, 6) is 4.37. The van der Waals surface area contributed by atoms with E-state index in [-0.39, 0.29) is 5.71 Å². The zero-order chi connectivity index (χ0) is 8.97. The minimum atomic E-state index is -0.622. The summed E-state index contributed by atoms with van der Waals surface area (Å²) < 4.78 is 0. The molecule has 1 aromatic rings. The normalized spacial score (nSPS) is 11.2. The number of carbonyl (C=O) groups excluding carboxylic acids is 1. The van der Waals surface area contributed by atoms with Crippen molar-refractivity contribution in [3.05, 3.63) is 35.9 Å². The van der Waals surface area contributed by atoms with Crippen LogP contribution in [0.1, 0.15) is 5.56 Å². The molecule has 4 heteroatoms. The van der Waals surface area contributed by atoms with E-state index in [1.165, 1.54) is 0 Å². The van der Waals surface area contributed by atoms with Crippen LogP contribution >= 0.6 is 0 Å². The van der Waals surface area contributed by atoms with Gasteiger partial charge in [-0.3, -0.25) is 4.79 Å². The SMILES string of the molecule is N/N=C(\C(N)=O)c1ccccc1. The molecular weight excluding hydrogens is 154 g/mol. The van der Waals surface area contributed by atoms with E-state index in [4.69, 9.17) is 11.6 Å². The second-order valence-corrected chi connectivity index (χ2v) is 2.21. The quantitative estimate of drug-likeness (QED) is 0.360. The zero-order valence-electron chi connectivity index (χ0n) is 6.40. The van der Waals surface area contributed by atoms with Crippen LogP contribution in [0.3, 0.4) is 0 Å². The van der Waals surface area contributed by atoms with Crippen molar-refractivity contribution in [2.75, 3.05) is 0 Å². The first kappa shape index (κ1) is 8.26. The molecule has 0 radical (unpaired) electrons. The largest absolute Gasteiger partial charge is 0.364 e. The third kappa shape index (κ3) is 1.60. The minimum Gasteiger partial charge on any atom is -0.364 e. The van der Waals surface area contributed by atoms with Crippen molar-refractivity contribution in [1.82, 2.24) is 0 Å². The molecule has 0 unspecified atom stereocenters. The summed E-state index contributed by atoms with van der Waals surface area (Å²) in [6.07, 6.45) is 0. The first-order valence-electron chi connectivity index (χ1n) is 3.39. The summed E-state index contributed by atoms with van der Waals surface area (Å²) in [7, 11) is 0. The zero-order valence-corrected chi connectivity index (χ0v) is 6.40. The molecule has 1 rings (SSSR count). The van der Waals surface area contributed by atoms with Crippen molar-refractivity contribution in [2.45, 2.75) is 0 Å². The van der Waals surface area contributed by atoms with Crippen LogP contribution in [0.2, 0.25) is 0 Å². The highest BCUT2D eigenvalue weighted by atomic mass is 16.1. The Morgan fingerprint density at radius 1 is 1.25 bits per heavy atom. The molecule has 0 aliphatic heterocycles. The molecule has 0 fully saturated rings. The molecule has 0 spiro atoms. The molecule has 1 aromatic carbocycles.